The van der Waals surface area contributed by atoms with Crippen LogP contribution in [0, 0.1) is 17.1 Å². The predicted molar refractivity (Wildman–Crippen MR) is 181 cm³/mol. The Bertz CT molecular complexity index is 2390. The summed E-state index contributed by atoms with van der Waals surface area (Å²) in [4.78, 5) is 14.7. The molecule has 5 nitrogen and oxygen atoms in total. The van der Waals surface area contributed by atoms with E-state index in [-0.39, 0.29) is 5.82 Å². The summed E-state index contributed by atoms with van der Waals surface area (Å²) in [6.07, 6.45) is 0. The first kappa shape index (κ1) is 27.1. The first-order chi connectivity index (χ1) is 22.7. The van der Waals surface area contributed by atoms with Crippen LogP contribution >= 0.6 is 0 Å². The second-order valence-corrected chi connectivity index (χ2v) is 10.9. The summed E-state index contributed by atoms with van der Waals surface area (Å²) in [5, 5.41) is 11.8. The largest absolute Gasteiger partial charge is 0.309 e. The molecule has 0 saturated heterocycles. The number of fused-ring (bicyclic) bond motifs is 3. The van der Waals surface area contributed by atoms with Crippen molar-refractivity contribution in [3.05, 3.63) is 157 Å². The maximum atomic E-state index is 15.5. The molecule has 0 amide bonds. The summed E-state index contributed by atoms with van der Waals surface area (Å²) >= 11 is 0. The monoisotopic (exact) mass is 593 g/mol. The van der Waals surface area contributed by atoms with E-state index in [2.05, 4.69) is 16.7 Å². The fourth-order valence-corrected chi connectivity index (χ4v) is 6.00. The fraction of sp³-hybridized carbons (Fsp3) is 0. The van der Waals surface area contributed by atoms with E-state index < -0.39 is 0 Å². The third-order valence-electron chi connectivity index (χ3n) is 8.16. The van der Waals surface area contributed by atoms with Gasteiger partial charge in [0.05, 0.1) is 28.4 Å². The van der Waals surface area contributed by atoms with Crippen molar-refractivity contribution in [3.8, 4) is 57.0 Å². The van der Waals surface area contributed by atoms with Crippen molar-refractivity contribution in [3.63, 3.8) is 0 Å². The van der Waals surface area contributed by atoms with E-state index in [1.54, 1.807) is 12.1 Å². The zero-order valence-electron chi connectivity index (χ0n) is 24.5. The third-order valence-corrected chi connectivity index (χ3v) is 8.16. The summed E-state index contributed by atoms with van der Waals surface area (Å²) in [5.74, 6) is 1.28. The Kier molecular flexibility index (Phi) is 6.63. The molecular weight excluding hydrogens is 569 g/mol. The van der Waals surface area contributed by atoms with Crippen LogP contribution in [0.15, 0.2) is 146 Å². The molecule has 0 aliphatic carbocycles. The number of aromatic nitrogens is 4. The van der Waals surface area contributed by atoms with E-state index in [4.69, 9.17) is 15.0 Å². The van der Waals surface area contributed by atoms with Gasteiger partial charge in [-0.2, -0.15) is 5.26 Å². The van der Waals surface area contributed by atoms with Crippen molar-refractivity contribution in [1.82, 2.24) is 19.5 Å². The van der Waals surface area contributed by atoms with Crippen molar-refractivity contribution in [1.29, 1.82) is 5.26 Å². The van der Waals surface area contributed by atoms with Gasteiger partial charge in [-0.25, -0.2) is 19.3 Å². The Morgan fingerprint density at radius 2 is 1.09 bits per heavy atom. The SMILES string of the molecule is N#Cc1ccc2c3ccccc3n(-c3cc(-c4nc(-c5ccccc5)nc(-c5ccccc5)n4)ccc3-c3ccccc3F)c2c1. The molecule has 8 aromatic rings. The maximum Gasteiger partial charge on any atom is 0.164 e. The van der Waals surface area contributed by atoms with Crippen LogP contribution in [0.4, 0.5) is 4.39 Å². The molecule has 0 bridgehead atoms. The lowest BCUT2D eigenvalue weighted by Crippen LogP contribution is -2.02. The van der Waals surface area contributed by atoms with Crippen LogP contribution in [0.1, 0.15) is 5.56 Å². The number of nitrogens with zero attached hydrogens (tertiary/aromatic N) is 5. The quantitative estimate of drug-likeness (QED) is 0.199. The van der Waals surface area contributed by atoms with Gasteiger partial charge in [0.25, 0.3) is 0 Å². The second kappa shape index (κ2) is 11.2. The van der Waals surface area contributed by atoms with E-state index in [0.29, 0.717) is 34.2 Å². The van der Waals surface area contributed by atoms with Gasteiger partial charge in [-0.1, -0.05) is 115 Å². The highest BCUT2D eigenvalue weighted by molar-refractivity contribution is 6.10. The Morgan fingerprint density at radius 1 is 0.500 bits per heavy atom. The van der Waals surface area contributed by atoms with Crippen molar-refractivity contribution in [2.24, 2.45) is 0 Å². The van der Waals surface area contributed by atoms with Crippen LogP contribution in [0.25, 0.3) is 72.8 Å². The summed E-state index contributed by atoms with van der Waals surface area (Å²) in [6, 6.07) is 48.4. The molecule has 0 saturated carbocycles. The molecule has 6 heteroatoms. The number of benzene rings is 6. The zero-order valence-corrected chi connectivity index (χ0v) is 24.5. The maximum absolute atomic E-state index is 15.5. The summed E-state index contributed by atoms with van der Waals surface area (Å²) in [7, 11) is 0. The molecule has 6 aromatic carbocycles. The van der Waals surface area contributed by atoms with Crippen LogP contribution in [-0.2, 0) is 0 Å². The minimum atomic E-state index is -0.326. The van der Waals surface area contributed by atoms with E-state index in [1.807, 2.05) is 121 Å². The first-order valence-corrected chi connectivity index (χ1v) is 14.9. The molecule has 216 valence electrons. The highest BCUT2D eigenvalue weighted by atomic mass is 19.1. The van der Waals surface area contributed by atoms with Crippen molar-refractivity contribution >= 4 is 21.8 Å². The lowest BCUT2D eigenvalue weighted by molar-refractivity contribution is 0.631. The van der Waals surface area contributed by atoms with Crippen molar-refractivity contribution < 1.29 is 4.39 Å². The van der Waals surface area contributed by atoms with Gasteiger partial charge < -0.3 is 4.57 Å². The van der Waals surface area contributed by atoms with Gasteiger partial charge in [-0.05, 0) is 30.3 Å². The average Bonchev–Trinajstić information content (AvgIpc) is 3.45. The van der Waals surface area contributed by atoms with Crippen LogP contribution < -0.4 is 0 Å². The first-order valence-electron chi connectivity index (χ1n) is 14.9. The highest BCUT2D eigenvalue weighted by Crippen LogP contribution is 2.39. The molecule has 0 aliphatic rings. The second-order valence-electron chi connectivity index (χ2n) is 10.9. The van der Waals surface area contributed by atoms with Gasteiger partial charge in [-0.15, -0.1) is 0 Å². The summed E-state index contributed by atoms with van der Waals surface area (Å²) in [6.45, 7) is 0. The van der Waals surface area contributed by atoms with Gasteiger partial charge >= 0.3 is 0 Å². The highest BCUT2D eigenvalue weighted by Gasteiger charge is 2.20. The normalized spacial score (nSPS) is 11.1. The van der Waals surface area contributed by atoms with E-state index >= 15 is 4.39 Å². The number of halogens is 1. The van der Waals surface area contributed by atoms with Crippen LogP contribution in [0.3, 0.4) is 0 Å². The van der Waals surface area contributed by atoms with E-state index in [0.717, 1.165) is 44.2 Å². The Balaban J connectivity index is 1.44. The number of nitriles is 1. The van der Waals surface area contributed by atoms with Gasteiger partial charge in [0, 0.05) is 38.6 Å². The summed E-state index contributed by atoms with van der Waals surface area (Å²) < 4.78 is 17.6. The number of rotatable bonds is 5. The van der Waals surface area contributed by atoms with Gasteiger partial charge in [0.15, 0.2) is 17.5 Å². The molecule has 2 aromatic heterocycles. The average molecular weight is 594 g/mol. The standard InChI is InChI=1S/C40H24FN5/c41-34-17-9-7-15-30(34)32-22-20-29(24-37(32)46-35-18-10-8-16-31(35)33-21-19-26(25-42)23-36(33)46)40-44-38(27-11-3-1-4-12-27)43-39(45-40)28-13-5-2-6-14-28/h1-24H. The molecule has 0 atom stereocenters. The van der Waals surface area contributed by atoms with Crippen LogP contribution in [0.5, 0.6) is 0 Å². The van der Waals surface area contributed by atoms with Gasteiger partial charge in [0.2, 0.25) is 0 Å². The van der Waals surface area contributed by atoms with Crippen LogP contribution in [-0.4, -0.2) is 19.5 Å². The summed E-state index contributed by atoms with van der Waals surface area (Å²) in [5.41, 5.74) is 6.73. The molecular formula is C40H24FN5. The number of hydrogen-bond donors (Lipinski definition) is 0. The molecule has 0 radical (unpaired) electrons. The minimum absolute atomic E-state index is 0.326. The molecule has 46 heavy (non-hydrogen) atoms. The molecule has 0 fully saturated rings. The smallest absolute Gasteiger partial charge is 0.164 e. The van der Waals surface area contributed by atoms with Gasteiger partial charge in [0.1, 0.15) is 5.82 Å². The number of hydrogen-bond acceptors (Lipinski definition) is 4. The lowest BCUT2D eigenvalue weighted by atomic mass is 10.00. The molecule has 0 N–H and O–H groups in total. The molecule has 8 rings (SSSR count). The molecule has 0 aliphatic heterocycles. The predicted octanol–water partition coefficient (Wildman–Crippen LogP) is 9.65. The zero-order chi connectivity index (χ0) is 31.0. The topological polar surface area (TPSA) is 67.4 Å². The third kappa shape index (κ3) is 4.68. The Morgan fingerprint density at radius 3 is 1.76 bits per heavy atom. The Labute approximate surface area is 264 Å². The molecule has 0 unspecified atom stereocenters. The van der Waals surface area contributed by atoms with Crippen molar-refractivity contribution in [2.45, 2.75) is 0 Å². The van der Waals surface area contributed by atoms with E-state index in [1.165, 1.54) is 6.07 Å². The molecule has 0 spiro atoms. The van der Waals surface area contributed by atoms with Crippen LogP contribution in [0.2, 0.25) is 0 Å². The van der Waals surface area contributed by atoms with Crippen molar-refractivity contribution in [2.75, 3.05) is 0 Å². The van der Waals surface area contributed by atoms with E-state index in [9.17, 15) is 5.26 Å². The number of para-hydroxylation sites is 1. The minimum Gasteiger partial charge on any atom is -0.309 e. The fourth-order valence-electron chi connectivity index (χ4n) is 6.00. The van der Waals surface area contributed by atoms with Gasteiger partial charge in [-0.3, -0.25) is 0 Å². The molecule has 2 heterocycles. The Hall–Kier alpha value is -6.45. The lowest BCUT2D eigenvalue weighted by Gasteiger charge is -2.17.